The molecule has 0 saturated carbocycles. The molecule has 1 fully saturated rings. The molecule has 2 aromatic rings. The van der Waals surface area contributed by atoms with Crippen molar-refractivity contribution in [3.8, 4) is 0 Å². The van der Waals surface area contributed by atoms with Crippen molar-refractivity contribution >= 4 is 17.9 Å². The quantitative estimate of drug-likeness (QED) is 0.804. The van der Waals surface area contributed by atoms with Crippen molar-refractivity contribution in [1.82, 2.24) is 0 Å². The minimum atomic E-state index is -1.82. The van der Waals surface area contributed by atoms with Gasteiger partial charge < -0.3 is 0 Å². The second-order valence-electron chi connectivity index (χ2n) is 5.44. The summed E-state index contributed by atoms with van der Waals surface area (Å²) in [6.07, 6.45) is 0.924. The molecule has 1 saturated heterocycles. The van der Waals surface area contributed by atoms with Crippen LogP contribution < -0.4 is 10.6 Å². The molecule has 1 aliphatic heterocycles. The van der Waals surface area contributed by atoms with Crippen LogP contribution in [0.15, 0.2) is 60.7 Å². The molecule has 1 heterocycles. The molecule has 0 aliphatic carbocycles. The van der Waals surface area contributed by atoms with Crippen LogP contribution in [0.4, 0.5) is 0 Å². The van der Waals surface area contributed by atoms with E-state index in [9.17, 15) is 0 Å². The van der Waals surface area contributed by atoms with Crippen molar-refractivity contribution in [3.05, 3.63) is 60.7 Å². The standard InChI is InChI=1S/C17H21O2P/c1-20(14-17-18-12-13-19-17,15-8-4-2-5-9-15)16-10-6-3-7-11-16/h2-11,17,20H,12-14H2,1H3. The van der Waals surface area contributed by atoms with Gasteiger partial charge in [-0.15, -0.1) is 0 Å². The summed E-state index contributed by atoms with van der Waals surface area (Å²) in [5, 5.41) is 2.87. The van der Waals surface area contributed by atoms with E-state index in [4.69, 9.17) is 9.47 Å². The summed E-state index contributed by atoms with van der Waals surface area (Å²) in [4.78, 5) is 0. The van der Waals surface area contributed by atoms with E-state index in [1.165, 1.54) is 10.6 Å². The Kier molecular flexibility index (Phi) is 4.16. The maximum absolute atomic E-state index is 5.70. The van der Waals surface area contributed by atoms with Crippen LogP contribution in [-0.4, -0.2) is 32.3 Å². The van der Waals surface area contributed by atoms with Gasteiger partial charge in [0.05, 0.1) is 0 Å². The Balaban J connectivity index is 1.98. The summed E-state index contributed by atoms with van der Waals surface area (Å²) in [7, 11) is -1.82. The Bertz CT molecular complexity index is 496. The Morgan fingerprint density at radius 3 is 1.75 bits per heavy atom. The van der Waals surface area contributed by atoms with Crippen LogP contribution in [0, 0.1) is 0 Å². The number of benzene rings is 2. The molecule has 2 nitrogen and oxygen atoms in total. The zero-order chi connectivity index (χ0) is 13.8. The van der Waals surface area contributed by atoms with Gasteiger partial charge in [0, 0.05) is 0 Å². The van der Waals surface area contributed by atoms with Crippen molar-refractivity contribution in [2.24, 2.45) is 0 Å². The van der Waals surface area contributed by atoms with E-state index in [0.29, 0.717) is 0 Å². The molecule has 0 radical (unpaired) electrons. The van der Waals surface area contributed by atoms with Crippen LogP contribution in [0.25, 0.3) is 0 Å². The van der Waals surface area contributed by atoms with Crippen LogP contribution in [0.2, 0.25) is 0 Å². The molecular formula is C17H21O2P. The number of ether oxygens (including phenoxy) is 2. The zero-order valence-electron chi connectivity index (χ0n) is 11.8. The van der Waals surface area contributed by atoms with Gasteiger partial charge in [-0.25, -0.2) is 0 Å². The van der Waals surface area contributed by atoms with E-state index in [0.717, 1.165) is 19.4 Å². The topological polar surface area (TPSA) is 18.5 Å². The summed E-state index contributed by atoms with van der Waals surface area (Å²) >= 11 is 0. The Morgan fingerprint density at radius 1 is 0.850 bits per heavy atom. The maximum atomic E-state index is 5.70. The fourth-order valence-corrected chi connectivity index (χ4v) is 6.44. The van der Waals surface area contributed by atoms with E-state index in [1.54, 1.807) is 0 Å². The number of hydrogen-bond donors (Lipinski definition) is 0. The zero-order valence-corrected chi connectivity index (χ0v) is 12.8. The van der Waals surface area contributed by atoms with Crippen LogP contribution in [0.1, 0.15) is 0 Å². The average Bonchev–Trinajstić information content (AvgIpc) is 3.02. The first-order valence-corrected chi connectivity index (χ1v) is 9.84. The van der Waals surface area contributed by atoms with Crippen molar-refractivity contribution < 1.29 is 9.47 Å². The summed E-state index contributed by atoms with van der Waals surface area (Å²) in [5.41, 5.74) is 0. The third-order valence-corrected chi connectivity index (χ3v) is 8.45. The van der Waals surface area contributed by atoms with Crippen molar-refractivity contribution in [2.75, 3.05) is 26.0 Å². The summed E-state index contributed by atoms with van der Waals surface area (Å²) in [6, 6.07) is 21.6. The van der Waals surface area contributed by atoms with Gasteiger partial charge in [0.15, 0.2) is 0 Å². The van der Waals surface area contributed by atoms with Gasteiger partial charge in [0.2, 0.25) is 0 Å². The molecular weight excluding hydrogens is 267 g/mol. The number of rotatable bonds is 4. The Hall–Kier alpha value is -1.21. The third kappa shape index (κ3) is 2.78. The van der Waals surface area contributed by atoms with Crippen molar-refractivity contribution in [3.63, 3.8) is 0 Å². The monoisotopic (exact) mass is 288 g/mol. The number of hydrogen-bond acceptors (Lipinski definition) is 2. The molecule has 0 bridgehead atoms. The average molecular weight is 288 g/mol. The molecule has 20 heavy (non-hydrogen) atoms. The first-order valence-electron chi connectivity index (χ1n) is 7.13. The van der Waals surface area contributed by atoms with Gasteiger partial charge >= 0.3 is 120 Å². The molecule has 106 valence electrons. The van der Waals surface area contributed by atoms with E-state index in [1.807, 2.05) is 0 Å². The van der Waals surface area contributed by atoms with Crippen LogP contribution in [-0.2, 0) is 9.47 Å². The normalized spacial score (nSPS) is 17.2. The fourth-order valence-electron chi connectivity index (χ4n) is 2.87. The summed E-state index contributed by atoms with van der Waals surface area (Å²) in [6.45, 7) is 3.85. The van der Waals surface area contributed by atoms with E-state index >= 15 is 0 Å². The van der Waals surface area contributed by atoms with Crippen LogP contribution in [0.5, 0.6) is 0 Å². The van der Waals surface area contributed by atoms with Gasteiger partial charge in [0.1, 0.15) is 0 Å². The van der Waals surface area contributed by atoms with Crippen molar-refractivity contribution in [2.45, 2.75) is 6.29 Å². The molecule has 0 atom stereocenters. The van der Waals surface area contributed by atoms with Crippen LogP contribution >= 0.6 is 7.26 Å². The van der Waals surface area contributed by atoms with Gasteiger partial charge in [-0.3, -0.25) is 0 Å². The second-order valence-corrected chi connectivity index (χ2v) is 9.67. The fraction of sp³-hybridized carbons (Fsp3) is 0.294. The molecule has 0 spiro atoms. The van der Waals surface area contributed by atoms with Gasteiger partial charge in [-0.1, -0.05) is 0 Å². The molecule has 0 N–H and O–H groups in total. The molecule has 0 aromatic heterocycles. The van der Waals surface area contributed by atoms with Gasteiger partial charge in [0.25, 0.3) is 0 Å². The van der Waals surface area contributed by atoms with Gasteiger partial charge in [-0.05, 0) is 0 Å². The second kappa shape index (κ2) is 6.05. The first-order chi connectivity index (χ1) is 9.79. The van der Waals surface area contributed by atoms with Crippen LogP contribution in [0.3, 0.4) is 0 Å². The Labute approximate surface area is 121 Å². The summed E-state index contributed by atoms with van der Waals surface area (Å²) < 4.78 is 11.4. The SMILES string of the molecule is C[PH](CC1OCCO1)(c1ccccc1)c1ccccc1. The minimum absolute atomic E-state index is 0.0490. The predicted molar refractivity (Wildman–Crippen MR) is 87.0 cm³/mol. The molecule has 1 aliphatic rings. The summed E-state index contributed by atoms with van der Waals surface area (Å²) in [5.74, 6) is 0. The van der Waals surface area contributed by atoms with E-state index in [-0.39, 0.29) is 6.29 Å². The van der Waals surface area contributed by atoms with E-state index < -0.39 is 7.26 Å². The third-order valence-electron chi connectivity index (χ3n) is 4.09. The molecule has 3 rings (SSSR count). The molecule has 2 aromatic carbocycles. The Morgan fingerprint density at radius 2 is 1.30 bits per heavy atom. The predicted octanol–water partition coefficient (Wildman–Crippen LogP) is 2.39. The molecule has 0 unspecified atom stereocenters. The first kappa shape index (κ1) is 13.8. The van der Waals surface area contributed by atoms with Crippen molar-refractivity contribution in [1.29, 1.82) is 0 Å². The molecule has 3 heteroatoms. The molecule has 0 amide bonds. The van der Waals surface area contributed by atoms with E-state index in [2.05, 4.69) is 67.3 Å². The van der Waals surface area contributed by atoms with Gasteiger partial charge in [-0.2, -0.15) is 0 Å².